The molecule has 240 valence electrons. The zero-order chi connectivity index (χ0) is 33.9. The Labute approximate surface area is 296 Å². The molecule has 1 N–H and O–H groups in total. The Morgan fingerprint density at radius 2 is 1.08 bits per heavy atom. The maximum absolute atomic E-state index is 12.9. The number of carbonyl (C=O) groups is 2. The second kappa shape index (κ2) is 11.9. The number of carbonyl (C=O) groups excluding carboxylic acids is 1. The molecule has 8 aromatic rings. The number of hydrogen-bond acceptors (Lipinski definition) is 4. The van der Waals surface area contributed by atoms with Crippen molar-refractivity contribution in [3.05, 3.63) is 150 Å². The van der Waals surface area contributed by atoms with Gasteiger partial charge in [0.2, 0.25) is 0 Å². The summed E-state index contributed by atoms with van der Waals surface area (Å²) in [5.41, 5.74) is 9.80. The molecule has 1 amide bonds. The fourth-order valence-electron chi connectivity index (χ4n) is 7.09. The Morgan fingerprint density at radius 1 is 0.620 bits per heavy atom. The van der Waals surface area contributed by atoms with E-state index in [1.165, 1.54) is 21.8 Å². The number of amides is 1. The topological polar surface area (TPSA) is 67.5 Å². The lowest BCUT2D eigenvalue weighted by atomic mass is 10.0. The molecule has 50 heavy (non-hydrogen) atoms. The van der Waals surface area contributed by atoms with Gasteiger partial charge in [0.25, 0.3) is 5.91 Å². The van der Waals surface area contributed by atoms with Crippen LogP contribution in [0.1, 0.15) is 5.56 Å². The van der Waals surface area contributed by atoms with Crippen molar-refractivity contribution in [2.45, 2.75) is 0 Å². The van der Waals surface area contributed by atoms with Gasteiger partial charge in [-0.15, -0.1) is 0 Å². The minimum atomic E-state index is -1.10. The smallest absolute Gasteiger partial charge is 0.323 e. The third-order valence-electron chi connectivity index (χ3n) is 9.33. The number of aromatic nitrogens is 2. The Bertz CT molecular complexity index is 2670. The van der Waals surface area contributed by atoms with Crippen molar-refractivity contribution < 1.29 is 14.7 Å². The van der Waals surface area contributed by atoms with Crippen LogP contribution in [0, 0.1) is 0 Å². The van der Waals surface area contributed by atoms with Gasteiger partial charge in [0, 0.05) is 32.9 Å². The van der Waals surface area contributed by atoms with Gasteiger partial charge < -0.3 is 14.2 Å². The van der Waals surface area contributed by atoms with E-state index in [1.807, 2.05) is 18.2 Å². The van der Waals surface area contributed by atoms with Crippen LogP contribution in [-0.4, -0.2) is 41.9 Å². The minimum Gasteiger partial charge on any atom is -0.480 e. The molecule has 6 nitrogen and oxygen atoms in total. The predicted octanol–water partition coefficient (Wildman–Crippen LogP) is 9.83. The molecule has 3 heterocycles. The third kappa shape index (κ3) is 4.91. The number of fused-ring (bicyclic) bond motifs is 6. The molecule has 9 rings (SSSR count). The van der Waals surface area contributed by atoms with Gasteiger partial charge in [0.1, 0.15) is 10.9 Å². The molecule has 2 aromatic heterocycles. The van der Waals surface area contributed by atoms with E-state index in [2.05, 4.69) is 130 Å². The molecule has 0 spiro atoms. The van der Waals surface area contributed by atoms with Crippen LogP contribution >= 0.6 is 24.0 Å². The first-order chi connectivity index (χ1) is 24.4. The van der Waals surface area contributed by atoms with E-state index in [4.69, 9.17) is 12.2 Å². The van der Waals surface area contributed by atoms with E-state index >= 15 is 0 Å². The summed E-state index contributed by atoms with van der Waals surface area (Å²) in [6.45, 7) is -0.443. The van der Waals surface area contributed by atoms with Gasteiger partial charge in [-0.3, -0.25) is 14.5 Å². The van der Waals surface area contributed by atoms with Gasteiger partial charge in [-0.2, -0.15) is 0 Å². The monoisotopic (exact) mass is 685 g/mol. The summed E-state index contributed by atoms with van der Waals surface area (Å²) in [7, 11) is 0. The van der Waals surface area contributed by atoms with Crippen LogP contribution in [0.3, 0.4) is 0 Å². The molecular weight excluding hydrogens is 659 g/mol. The normalized spacial score (nSPS) is 14.2. The Balaban J connectivity index is 1.05. The minimum absolute atomic E-state index is 0.254. The Kier molecular flexibility index (Phi) is 7.15. The van der Waals surface area contributed by atoms with Crippen molar-refractivity contribution >= 4 is 89.9 Å². The van der Waals surface area contributed by atoms with E-state index < -0.39 is 12.5 Å². The molecular formula is C42H27N3O3S2. The first-order valence-corrected chi connectivity index (χ1v) is 17.4. The Morgan fingerprint density at radius 3 is 1.58 bits per heavy atom. The van der Waals surface area contributed by atoms with Crippen LogP contribution in [0.2, 0.25) is 0 Å². The number of thiocarbonyl (C=S) groups is 1. The van der Waals surface area contributed by atoms with E-state index in [-0.39, 0.29) is 10.2 Å². The zero-order valence-corrected chi connectivity index (χ0v) is 28.1. The van der Waals surface area contributed by atoms with Crippen molar-refractivity contribution in [3.63, 3.8) is 0 Å². The molecule has 0 radical (unpaired) electrons. The number of thioether (sulfide) groups is 1. The summed E-state index contributed by atoms with van der Waals surface area (Å²) in [5.74, 6) is -1.48. The second-order valence-corrected chi connectivity index (χ2v) is 13.9. The average Bonchev–Trinajstić information content (AvgIpc) is 3.75. The van der Waals surface area contributed by atoms with Crippen molar-refractivity contribution in [1.29, 1.82) is 0 Å². The average molecular weight is 686 g/mol. The largest absolute Gasteiger partial charge is 0.480 e. The molecule has 0 aliphatic carbocycles. The number of rotatable bonds is 6. The van der Waals surface area contributed by atoms with E-state index in [1.54, 1.807) is 6.08 Å². The number of nitrogens with zero attached hydrogens (tertiary/aromatic N) is 3. The standard InChI is InChI=1S/C42H27N3O3S2/c46-40(47)25-43-41(48)39(50-42(43)49)24-26-13-22-38-34(23-26)33-9-3-6-12-37(33)45(38)30-20-16-28(17-21-30)27-14-18-29(19-15-27)44-35-10-4-1-7-31(35)32-8-2-5-11-36(32)44/h1-24H,25H2,(H,46,47). The summed E-state index contributed by atoms with van der Waals surface area (Å²) in [5, 5.41) is 13.8. The third-order valence-corrected chi connectivity index (χ3v) is 10.7. The van der Waals surface area contributed by atoms with Gasteiger partial charge in [0.05, 0.1) is 27.0 Å². The van der Waals surface area contributed by atoms with Crippen LogP contribution in [0.5, 0.6) is 0 Å². The number of benzene rings is 6. The molecule has 1 aliphatic rings. The summed E-state index contributed by atoms with van der Waals surface area (Å²) in [4.78, 5) is 25.7. The number of carboxylic acid groups (broad SMARTS) is 1. The van der Waals surface area contributed by atoms with Crippen LogP contribution in [0.4, 0.5) is 0 Å². The molecule has 1 fully saturated rings. The van der Waals surface area contributed by atoms with Gasteiger partial charge >= 0.3 is 5.97 Å². The molecule has 0 unspecified atom stereocenters. The SMILES string of the molecule is O=C(O)CN1C(=O)C(=Cc2ccc3c(c2)c2ccccc2n3-c2ccc(-c3ccc(-n4c5ccccc5c5ccccc54)cc3)cc2)SC1=S. The summed E-state index contributed by atoms with van der Waals surface area (Å²) in [6.07, 6.45) is 1.79. The lowest BCUT2D eigenvalue weighted by Gasteiger charge is -2.11. The Hall–Kier alpha value is -5.96. The number of carboxylic acids is 1. The second-order valence-electron chi connectivity index (χ2n) is 12.3. The number of para-hydroxylation sites is 3. The highest BCUT2D eigenvalue weighted by Crippen LogP contribution is 2.37. The number of aliphatic carboxylic acids is 1. The van der Waals surface area contributed by atoms with Crippen molar-refractivity contribution in [3.8, 4) is 22.5 Å². The van der Waals surface area contributed by atoms with Gasteiger partial charge in [-0.25, -0.2) is 0 Å². The highest BCUT2D eigenvalue weighted by Gasteiger charge is 2.33. The molecule has 0 atom stereocenters. The van der Waals surface area contributed by atoms with Crippen molar-refractivity contribution in [1.82, 2.24) is 14.0 Å². The molecule has 1 saturated heterocycles. The zero-order valence-electron chi connectivity index (χ0n) is 26.5. The van der Waals surface area contributed by atoms with Crippen LogP contribution in [0.15, 0.2) is 144 Å². The van der Waals surface area contributed by atoms with E-state index in [0.717, 1.165) is 66.5 Å². The van der Waals surface area contributed by atoms with Gasteiger partial charge in [-0.1, -0.05) is 109 Å². The van der Waals surface area contributed by atoms with E-state index in [9.17, 15) is 14.7 Å². The van der Waals surface area contributed by atoms with E-state index in [0.29, 0.717) is 4.91 Å². The lowest BCUT2D eigenvalue weighted by Crippen LogP contribution is -2.33. The van der Waals surface area contributed by atoms with Crippen molar-refractivity contribution in [2.24, 2.45) is 0 Å². The van der Waals surface area contributed by atoms with Crippen LogP contribution < -0.4 is 0 Å². The summed E-state index contributed by atoms with van der Waals surface area (Å²) in [6, 6.07) is 48.9. The highest BCUT2D eigenvalue weighted by molar-refractivity contribution is 8.26. The molecule has 1 aliphatic heterocycles. The lowest BCUT2D eigenvalue weighted by molar-refractivity contribution is -0.140. The summed E-state index contributed by atoms with van der Waals surface area (Å²) >= 11 is 6.41. The predicted molar refractivity (Wildman–Crippen MR) is 208 cm³/mol. The molecule has 6 aromatic carbocycles. The fraction of sp³-hybridized carbons (Fsp3) is 0.0238. The highest BCUT2D eigenvalue weighted by atomic mass is 32.2. The molecule has 0 bridgehead atoms. The maximum atomic E-state index is 12.9. The first-order valence-electron chi connectivity index (χ1n) is 16.1. The first kappa shape index (κ1) is 30.1. The summed E-state index contributed by atoms with van der Waals surface area (Å²) < 4.78 is 4.84. The van der Waals surface area contributed by atoms with Gasteiger partial charge in [0.15, 0.2) is 0 Å². The number of hydrogen-bond donors (Lipinski definition) is 1. The molecule has 8 heteroatoms. The van der Waals surface area contributed by atoms with Crippen molar-refractivity contribution in [2.75, 3.05) is 6.54 Å². The van der Waals surface area contributed by atoms with Crippen LogP contribution in [0.25, 0.3) is 72.2 Å². The quantitative estimate of drug-likeness (QED) is 0.139. The fourth-order valence-corrected chi connectivity index (χ4v) is 8.34. The van der Waals surface area contributed by atoms with Crippen LogP contribution in [-0.2, 0) is 9.59 Å². The molecule has 0 saturated carbocycles. The maximum Gasteiger partial charge on any atom is 0.323 e. The van der Waals surface area contributed by atoms with Gasteiger partial charge in [-0.05, 0) is 77.4 Å².